The van der Waals surface area contributed by atoms with Gasteiger partial charge in [-0.25, -0.2) is 11.1 Å². The monoisotopic (exact) mass is 494 g/mol. The number of rotatable bonds is 0. The minimum absolute atomic E-state index is 0. The summed E-state index contributed by atoms with van der Waals surface area (Å²) in [4.78, 5) is 0. The van der Waals surface area contributed by atoms with Gasteiger partial charge in [-0.15, -0.1) is 38.7 Å². The molecular weight excluding hydrogens is 466 g/mol. The summed E-state index contributed by atoms with van der Waals surface area (Å²) in [6, 6.07) is 0. The molecule has 21 heavy (non-hydrogen) atoms. The molecule has 0 N–H and O–H groups in total. The van der Waals surface area contributed by atoms with Crippen LogP contribution in [0.4, 0.5) is 0 Å². The Hall–Kier alpha value is 0.410. The molecule has 0 nitrogen and oxygen atoms in total. The quantitative estimate of drug-likeness (QED) is 0.275. The van der Waals surface area contributed by atoms with Crippen LogP contribution in [0.25, 0.3) is 0 Å². The van der Waals surface area contributed by atoms with E-state index in [1.807, 2.05) is 0 Å². The van der Waals surface area contributed by atoms with Crippen LogP contribution in [0.2, 0.25) is 0 Å². The van der Waals surface area contributed by atoms with Crippen LogP contribution in [0.1, 0.15) is 55.4 Å². The normalized spacial score (nSPS) is 23.2. The summed E-state index contributed by atoms with van der Waals surface area (Å²) in [5, 5.41) is 0. The Morgan fingerprint density at radius 3 is 0.905 bits per heavy atom. The Kier molecular flexibility index (Phi) is 13.8. The third-order valence-corrected chi connectivity index (χ3v) is 4.47. The maximum Gasteiger partial charge on any atom is 0 e. The molecule has 120 valence electrons. The fourth-order valence-electron chi connectivity index (χ4n) is 2.32. The van der Waals surface area contributed by atoms with E-state index in [9.17, 15) is 0 Å². The Morgan fingerprint density at radius 2 is 0.857 bits per heavy atom. The second-order valence-electron chi connectivity index (χ2n) is 5.60. The molecule has 0 aliphatic heterocycles. The first-order valence-electron chi connectivity index (χ1n) is 6.81. The zero-order chi connectivity index (χ0) is 14.0. The van der Waals surface area contributed by atoms with Gasteiger partial charge >= 0.3 is 0 Å². The smallest absolute Gasteiger partial charge is 0 e. The Labute approximate surface area is 162 Å². The van der Waals surface area contributed by atoms with E-state index in [0.29, 0.717) is 11.8 Å². The van der Waals surface area contributed by atoms with Crippen LogP contribution >= 0.6 is 24.8 Å². The van der Waals surface area contributed by atoms with Crippen LogP contribution in [0.15, 0.2) is 33.4 Å². The van der Waals surface area contributed by atoms with Crippen LogP contribution in [0.5, 0.6) is 0 Å². The van der Waals surface area contributed by atoms with Gasteiger partial charge in [-0.1, -0.05) is 53.4 Å². The van der Waals surface area contributed by atoms with E-state index in [2.05, 4.69) is 67.5 Å². The standard InChI is InChI=1S/2C9H13.2ClH.Hf/c2*1-6-5-7(2)9(4)8(6)3;;;/h2*6H,1-4H3;2*1H;/q2*-1;;;. The molecule has 2 atom stereocenters. The number of halogens is 2. The van der Waals surface area contributed by atoms with Gasteiger partial charge in [0.15, 0.2) is 0 Å². The van der Waals surface area contributed by atoms with Crippen LogP contribution in [0.3, 0.4) is 0 Å². The first kappa shape index (κ1) is 26.3. The SMILES string of the molecule is CC1=[C-]C(C)C(C)=C1C.CC1=[C-]C(C)C(C)=C1C.Cl.Cl.[Hf]. The average molecular weight is 494 g/mol. The van der Waals surface area contributed by atoms with Crippen LogP contribution in [-0.4, -0.2) is 0 Å². The predicted molar refractivity (Wildman–Crippen MR) is 94.4 cm³/mol. The van der Waals surface area contributed by atoms with E-state index in [0.717, 1.165) is 0 Å². The van der Waals surface area contributed by atoms with Crippen molar-refractivity contribution >= 4 is 24.8 Å². The van der Waals surface area contributed by atoms with Gasteiger partial charge in [-0.05, 0) is 0 Å². The molecule has 2 rings (SSSR count). The molecule has 0 bridgehead atoms. The van der Waals surface area contributed by atoms with Gasteiger partial charge in [-0.2, -0.15) is 22.3 Å². The molecule has 0 amide bonds. The van der Waals surface area contributed by atoms with Crippen molar-refractivity contribution in [2.75, 3.05) is 0 Å². The van der Waals surface area contributed by atoms with E-state index in [1.165, 1.54) is 33.4 Å². The van der Waals surface area contributed by atoms with Crippen molar-refractivity contribution in [3.63, 3.8) is 0 Å². The van der Waals surface area contributed by atoms with E-state index < -0.39 is 0 Å². The summed E-state index contributed by atoms with van der Waals surface area (Å²) in [6.07, 6.45) is 6.72. The number of hydrogen-bond acceptors (Lipinski definition) is 0. The third-order valence-electron chi connectivity index (χ3n) is 4.47. The molecule has 0 radical (unpaired) electrons. The summed E-state index contributed by atoms with van der Waals surface area (Å²) in [7, 11) is 0. The minimum Gasteiger partial charge on any atom is -0.266 e. The average Bonchev–Trinajstić information content (AvgIpc) is 2.66. The van der Waals surface area contributed by atoms with E-state index >= 15 is 0 Å². The molecule has 0 spiro atoms. The molecule has 0 aromatic rings. The Morgan fingerprint density at radius 1 is 0.619 bits per heavy atom. The van der Waals surface area contributed by atoms with E-state index in [-0.39, 0.29) is 50.7 Å². The second kappa shape index (κ2) is 11.0. The maximum absolute atomic E-state index is 3.36. The van der Waals surface area contributed by atoms with Gasteiger partial charge in [-0.3, -0.25) is 12.2 Å². The van der Waals surface area contributed by atoms with Gasteiger partial charge < -0.3 is 0 Å². The number of hydrogen-bond donors (Lipinski definition) is 0. The van der Waals surface area contributed by atoms with Crippen molar-refractivity contribution in [2.24, 2.45) is 11.8 Å². The molecule has 0 saturated heterocycles. The van der Waals surface area contributed by atoms with Gasteiger partial charge in [0, 0.05) is 25.8 Å². The second-order valence-corrected chi connectivity index (χ2v) is 5.60. The zero-order valence-electron chi connectivity index (χ0n) is 14.5. The van der Waals surface area contributed by atoms with Gasteiger partial charge in [0.25, 0.3) is 0 Å². The largest absolute Gasteiger partial charge is 0.266 e. The molecule has 0 saturated carbocycles. The van der Waals surface area contributed by atoms with Crippen molar-refractivity contribution in [3.05, 3.63) is 45.6 Å². The van der Waals surface area contributed by atoms with Crippen molar-refractivity contribution in [1.82, 2.24) is 0 Å². The van der Waals surface area contributed by atoms with Gasteiger partial charge in [0.05, 0.1) is 0 Å². The molecular formula is C18H28Cl2Hf-2. The van der Waals surface area contributed by atoms with Crippen molar-refractivity contribution in [3.8, 4) is 0 Å². The summed E-state index contributed by atoms with van der Waals surface area (Å²) < 4.78 is 0. The first-order chi connectivity index (χ1) is 8.25. The molecule has 2 aliphatic carbocycles. The van der Waals surface area contributed by atoms with Crippen molar-refractivity contribution < 1.29 is 25.8 Å². The molecule has 2 unspecified atom stereocenters. The summed E-state index contributed by atoms with van der Waals surface area (Å²) in [5.74, 6) is 1.12. The molecule has 0 aromatic heterocycles. The predicted octanol–water partition coefficient (Wildman–Crippen LogP) is 6.29. The molecule has 0 aromatic carbocycles. The number of allylic oxidation sites excluding steroid dienone is 8. The third kappa shape index (κ3) is 6.59. The molecule has 3 heteroatoms. The van der Waals surface area contributed by atoms with E-state index in [4.69, 9.17) is 0 Å². The van der Waals surface area contributed by atoms with Crippen molar-refractivity contribution in [1.29, 1.82) is 0 Å². The Balaban J connectivity index is -0.000000270. The summed E-state index contributed by atoms with van der Waals surface area (Å²) >= 11 is 0. The fourth-order valence-corrected chi connectivity index (χ4v) is 2.32. The maximum atomic E-state index is 3.36. The summed E-state index contributed by atoms with van der Waals surface area (Å²) in [6.45, 7) is 17.3. The first-order valence-corrected chi connectivity index (χ1v) is 6.81. The van der Waals surface area contributed by atoms with Crippen LogP contribution in [-0.2, 0) is 25.8 Å². The Bertz CT molecular complexity index is 424. The molecule has 2 aliphatic rings. The minimum atomic E-state index is 0. The van der Waals surface area contributed by atoms with Crippen LogP contribution < -0.4 is 0 Å². The fraction of sp³-hybridized carbons (Fsp3) is 0.556. The molecule has 0 fully saturated rings. The zero-order valence-corrected chi connectivity index (χ0v) is 19.7. The van der Waals surface area contributed by atoms with Gasteiger partial charge in [0.2, 0.25) is 0 Å². The molecule has 0 heterocycles. The summed E-state index contributed by atoms with van der Waals surface area (Å²) in [5.41, 5.74) is 8.49. The van der Waals surface area contributed by atoms with Crippen LogP contribution in [0, 0.1) is 24.0 Å². The van der Waals surface area contributed by atoms with Crippen molar-refractivity contribution in [2.45, 2.75) is 55.4 Å². The van der Waals surface area contributed by atoms with Gasteiger partial charge in [0.1, 0.15) is 0 Å². The van der Waals surface area contributed by atoms with E-state index in [1.54, 1.807) is 0 Å². The topological polar surface area (TPSA) is 0 Å².